The fraction of sp³-hybridized carbons (Fsp3) is 0.500. The molecule has 182 valence electrons. The van der Waals surface area contributed by atoms with E-state index in [1.807, 2.05) is 29.0 Å². The second-order valence-corrected chi connectivity index (χ2v) is 8.80. The van der Waals surface area contributed by atoms with E-state index in [-0.39, 0.29) is 0 Å². The van der Waals surface area contributed by atoms with Gasteiger partial charge in [0.25, 0.3) is 0 Å². The third kappa shape index (κ3) is 6.57. The average molecular weight is 467 g/mol. The summed E-state index contributed by atoms with van der Waals surface area (Å²) in [7, 11) is 2.14. The van der Waals surface area contributed by atoms with E-state index in [1.165, 1.54) is 25.7 Å². The van der Waals surface area contributed by atoms with E-state index in [2.05, 4.69) is 42.4 Å². The molecule has 3 aromatic heterocycles. The Labute approximate surface area is 200 Å². The number of hydrogen-bond acceptors (Lipinski definition) is 7. The van der Waals surface area contributed by atoms with Crippen LogP contribution in [0.4, 0.5) is 22.2 Å². The Balaban J connectivity index is 0.000000620. The summed E-state index contributed by atoms with van der Waals surface area (Å²) in [6, 6.07) is 5.96. The highest BCUT2D eigenvalue weighted by Gasteiger charge is 2.15. The van der Waals surface area contributed by atoms with Crippen LogP contribution in [0.3, 0.4) is 0 Å². The van der Waals surface area contributed by atoms with Crippen molar-refractivity contribution >= 4 is 34.6 Å². The number of anilines is 3. The molecule has 10 nitrogen and oxygen atoms in total. The maximum Gasteiger partial charge on any atom is 0.404 e. The van der Waals surface area contributed by atoms with Crippen LogP contribution in [-0.2, 0) is 6.54 Å². The molecule has 3 N–H and O–H groups in total. The van der Waals surface area contributed by atoms with Crippen LogP contribution >= 0.6 is 0 Å². The highest BCUT2D eigenvalue weighted by atomic mass is 16.4. The molecule has 0 atom stereocenters. The van der Waals surface area contributed by atoms with Gasteiger partial charge in [-0.1, -0.05) is 25.7 Å². The number of aryl methyl sites for hydroxylation is 1. The zero-order valence-electron chi connectivity index (χ0n) is 19.8. The van der Waals surface area contributed by atoms with E-state index < -0.39 is 6.09 Å². The van der Waals surface area contributed by atoms with E-state index in [4.69, 9.17) is 5.11 Å². The highest BCUT2D eigenvalue weighted by Crippen LogP contribution is 2.20. The molecule has 0 unspecified atom stereocenters. The first-order chi connectivity index (χ1) is 16.6. The third-order valence-corrected chi connectivity index (χ3v) is 6.19. The Morgan fingerprint density at radius 3 is 2.44 bits per heavy atom. The van der Waals surface area contributed by atoms with Crippen LogP contribution in [0.1, 0.15) is 32.1 Å². The Hall–Kier alpha value is -3.40. The minimum Gasteiger partial charge on any atom is -0.465 e. The molecule has 1 saturated carbocycles. The lowest BCUT2D eigenvalue weighted by Crippen LogP contribution is -2.44. The lowest BCUT2D eigenvalue weighted by Gasteiger charge is -2.33. The fourth-order valence-electron chi connectivity index (χ4n) is 3.72. The summed E-state index contributed by atoms with van der Waals surface area (Å²) in [6.07, 6.45) is 11.2. The lowest BCUT2D eigenvalue weighted by molar-refractivity contribution is 0.194. The van der Waals surface area contributed by atoms with Gasteiger partial charge >= 0.3 is 6.09 Å². The Morgan fingerprint density at radius 2 is 1.79 bits per heavy atom. The number of likely N-dealkylation sites (N-methyl/N-ethyl adjacent to an activating group) is 1. The van der Waals surface area contributed by atoms with Crippen LogP contribution in [0, 0.1) is 0 Å². The van der Waals surface area contributed by atoms with Gasteiger partial charge in [-0.05, 0) is 31.7 Å². The monoisotopic (exact) mass is 466 g/mol. The normalized spacial score (nSPS) is 15.9. The molecule has 1 aliphatic heterocycles. The van der Waals surface area contributed by atoms with Gasteiger partial charge in [0.15, 0.2) is 0 Å². The first-order valence-corrected chi connectivity index (χ1v) is 12.0. The van der Waals surface area contributed by atoms with Gasteiger partial charge in [-0.2, -0.15) is 4.98 Å². The maximum atomic E-state index is 10.6. The molecular weight excluding hydrogens is 432 g/mol. The van der Waals surface area contributed by atoms with Gasteiger partial charge in [-0.15, -0.1) is 0 Å². The summed E-state index contributed by atoms with van der Waals surface area (Å²) >= 11 is 0. The molecule has 2 aliphatic rings. The number of fused-ring (bicyclic) bond motifs is 1. The standard InChI is InChI=1S/C20H26N8O2.C4H8/c1-26-9-11-27(12-10-26)17-4-3-16(14-22-17)24-19-23-13-15-5-8-28(18(15)25-19)7-2-6-21-20(29)30;1-2-4-3-1/h3-5,8,13-14,21H,2,6-7,9-12H2,1H3,(H,29,30)(H,23,24,25);1-4H2. The molecule has 1 aliphatic carbocycles. The summed E-state index contributed by atoms with van der Waals surface area (Å²) in [5.41, 5.74) is 1.64. The largest absolute Gasteiger partial charge is 0.465 e. The summed E-state index contributed by atoms with van der Waals surface area (Å²) in [5, 5.41) is 15.2. The van der Waals surface area contributed by atoms with Crippen molar-refractivity contribution in [2.24, 2.45) is 0 Å². The third-order valence-electron chi connectivity index (χ3n) is 6.19. The van der Waals surface area contributed by atoms with E-state index in [0.717, 1.165) is 48.7 Å². The van der Waals surface area contributed by atoms with Crippen molar-refractivity contribution in [2.75, 3.05) is 50.0 Å². The Morgan fingerprint density at radius 1 is 1.03 bits per heavy atom. The van der Waals surface area contributed by atoms with Gasteiger partial charge in [0.05, 0.1) is 11.9 Å². The number of hydrogen-bond donors (Lipinski definition) is 3. The molecule has 4 heterocycles. The summed E-state index contributed by atoms with van der Waals surface area (Å²) in [6.45, 7) is 5.12. The van der Waals surface area contributed by atoms with E-state index in [9.17, 15) is 4.79 Å². The molecule has 3 aromatic rings. The SMILES string of the molecule is C1CCC1.CN1CCN(c2ccc(Nc3ncc4ccn(CCCNC(=O)O)c4n3)cn2)CC1. The van der Waals surface area contributed by atoms with Gasteiger partial charge in [0.1, 0.15) is 11.5 Å². The van der Waals surface area contributed by atoms with E-state index in [1.54, 1.807) is 12.4 Å². The second-order valence-electron chi connectivity index (χ2n) is 8.80. The predicted molar refractivity (Wildman–Crippen MR) is 134 cm³/mol. The van der Waals surface area contributed by atoms with E-state index in [0.29, 0.717) is 25.5 Å². The number of piperazine rings is 1. The minimum atomic E-state index is -1.01. The first-order valence-electron chi connectivity index (χ1n) is 12.0. The molecule has 0 spiro atoms. The molecule has 0 aromatic carbocycles. The van der Waals surface area contributed by atoms with Crippen LogP contribution in [0.15, 0.2) is 36.8 Å². The van der Waals surface area contributed by atoms with Gasteiger partial charge in [-0.3, -0.25) is 0 Å². The van der Waals surface area contributed by atoms with Gasteiger partial charge in [0, 0.05) is 57.0 Å². The van der Waals surface area contributed by atoms with Crippen LogP contribution < -0.4 is 15.5 Å². The summed E-state index contributed by atoms with van der Waals surface area (Å²) in [4.78, 5) is 28.8. The van der Waals surface area contributed by atoms with Crippen molar-refractivity contribution in [3.8, 4) is 0 Å². The molecule has 0 radical (unpaired) electrons. The number of pyridine rings is 1. The minimum absolute atomic E-state index is 0.399. The Bertz CT molecular complexity index is 1050. The number of carbonyl (C=O) groups is 1. The number of nitrogens with one attached hydrogen (secondary N) is 2. The van der Waals surface area contributed by atoms with Crippen molar-refractivity contribution < 1.29 is 9.90 Å². The quantitative estimate of drug-likeness (QED) is 0.454. The number of nitrogens with zero attached hydrogens (tertiary/aromatic N) is 6. The molecule has 2 fully saturated rings. The smallest absolute Gasteiger partial charge is 0.404 e. The average Bonchev–Trinajstić information content (AvgIpc) is 3.19. The van der Waals surface area contributed by atoms with Crippen molar-refractivity contribution in [1.82, 2.24) is 29.7 Å². The molecular formula is C24H34N8O2. The molecule has 5 rings (SSSR count). The molecule has 0 bridgehead atoms. The summed E-state index contributed by atoms with van der Waals surface area (Å²) < 4.78 is 2.00. The van der Waals surface area contributed by atoms with Crippen LogP contribution in [0.25, 0.3) is 11.0 Å². The topological polar surface area (TPSA) is 111 Å². The van der Waals surface area contributed by atoms with E-state index >= 15 is 0 Å². The zero-order chi connectivity index (χ0) is 23.8. The van der Waals surface area contributed by atoms with Gasteiger partial charge in [0.2, 0.25) is 5.95 Å². The predicted octanol–water partition coefficient (Wildman–Crippen LogP) is 3.54. The maximum absolute atomic E-state index is 10.6. The number of rotatable bonds is 7. The van der Waals surface area contributed by atoms with Gasteiger partial charge in [-0.25, -0.2) is 14.8 Å². The van der Waals surface area contributed by atoms with Crippen molar-refractivity contribution in [3.63, 3.8) is 0 Å². The zero-order valence-corrected chi connectivity index (χ0v) is 19.8. The second kappa shape index (κ2) is 11.6. The Kier molecular flexibility index (Phi) is 8.13. The van der Waals surface area contributed by atoms with Crippen molar-refractivity contribution in [2.45, 2.75) is 38.6 Å². The van der Waals surface area contributed by atoms with Crippen molar-refractivity contribution in [1.29, 1.82) is 0 Å². The number of aromatic nitrogens is 4. The van der Waals surface area contributed by atoms with Crippen LogP contribution in [-0.4, -0.2) is 75.4 Å². The summed E-state index contributed by atoms with van der Waals surface area (Å²) in [5.74, 6) is 1.48. The van der Waals surface area contributed by atoms with Crippen LogP contribution in [0.2, 0.25) is 0 Å². The molecule has 34 heavy (non-hydrogen) atoms. The molecule has 1 amide bonds. The number of carboxylic acid groups (broad SMARTS) is 1. The van der Waals surface area contributed by atoms with Gasteiger partial charge < -0.3 is 30.1 Å². The first kappa shape index (κ1) is 23.7. The lowest BCUT2D eigenvalue weighted by atomic mass is 10.0. The fourth-order valence-corrected chi connectivity index (χ4v) is 3.72. The highest BCUT2D eigenvalue weighted by molar-refractivity contribution is 5.76. The molecule has 10 heteroatoms. The number of amides is 1. The molecule has 1 saturated heterocycles. The van der Waals surface area contributed by atoms with Crippen molar-refractivity contribution in [3.05, 3.63) is 36.8 Å². The van der Waals surface area contributed by atoms with Crippen LogP contribution in [0.5, 0.6) is 0 Å².